The predicted octanol–water partition coefficient (Wildman–Crippen LogP) is 2.56. The SMILES string of the molecule is CC1CCC(CO)(NC(=O)Cc2ccc(F)cc2F)CC1. The van der Waals surface area contributed by atoms with Gasteiger partial charge in [-0.2, -0.15) is 0 Å². The van der Waals surface area contributed by atoms with Crippen LogP contribution in [0.5, 0.6) is 0 Å². The van der Waals surface area contributed by atoms with Crippen molar-refractivity contribution in [2.45, 2.75) is 44.6 Å². The maximum absolute atomic E-state index is 13.5. The molecule has 0 bridgehead atoms. The molecule has 2 rings (SSSR count). The van der Waals surface area contributed by atoms with Crippen LogP contribution < -0.4 is 5.32 Å². The summed E-state index contributed by atoms with van der Waals surface area (Å²) < 4.78 is 26.4. The molecule has 1 fully saturated rings. The predicted molar refractivity (Wildman–Crippen MR) is 75.7 cm³/mol. The number of aliphatic hydroxyl groups is 1. The molecule has 1 amide bonds. The summed E-state index contributed by atoms with van der Waals surface area (Å²) in [6.45, 7) is 2.04. The maximum atomic E-state index is 13.5. The minimum atomic E-state index is -0.722. The van der Waals surface area contributed by atoms with E-state index in [1.54, 1.807) is 0 Å². The second-order valence-corrected chi connectivity index (χ2v) is 6.08. The Hall–Kier alpha value is -1.49. The van der Waals surface area contributed by atoms with Gasteiger partial charge in [0.05, 0.1) is 18.6 Å². The third-order valence-corrected chi connectivity index (χ3v) is 4.30. The van der Waals surface area contributed by atoms with Gasteiger partial charge in [0.15, 0.2) is 0 Å². The molecule has 21 heavy (non-hydrogen) atoms. The number of aliphatic hydroxyl groups excluding tert-OH is 1. The number of carbonyl (C=O) groups is 1. The monoisotopic (exact) mass is 297 g/mol. The van der Waals surface area contributed by atoms with E-state index in [-0.39, 0.29) is 24.5 Å². The zero-order chi connectivity index (χ0) is 15.5. The van der Waals surface area contributed by atoms with Crippen LogP contribution in [0.15, 0.2) is 18.2 Å². The minimum absolute atomic E-state index is 0.114. The van der Waals surface area contributed by atoms with Crippen molar-refractivity contribution >= 4 is 5.91 Å². The summed E-state index contributed by atoms with van der Waals surface area (Å²) in [7, 11) is 0. The summed E-state index contributed by atoms with van der Waals surface area (Å²) in [6.07, 6.45) is 3.20. The molecule has 0 radical (unpaired) electrons. The van der Waals surface area contributed by atoms with Gasteiger partial charge in [-0.25, -0.2) is 8.78 Å². The Labute approximate surface area is 123 Å². The quantitative estimate of drug-likeness (QED) is 0.897. The number of amides is 1. The number of benzene rings is 1. The van der Waals surface area contributed by atoms with Gasteiger partial charge in [-0.3, -0.25) is 4.79 Å². The summed E-state index contributed by atoms with van der Waals surface area (Å²) in [5, 5.41) is 12.4. The fourth-order valence-corrected chi connectivity index (χ4v) is 2.82. The molecule has 116 valence electrons. The van der Waals surface area contributed by atoms with Crippen molar-refractivity contribution < 1.29 is 18.7 Å². The lowest BCUT2D eigenvalue weighted by Crippen LogP contribution is -2.53. The van der Waals surface area contributed by atoms with Crippen LogP contribution in [0.3, 0.4) is 0 Å². The normalized spacial score (nSPS) is 25.6. The van der Waals surface area contributed by atoms with E-state index in [1.165, 1.54) is 6.07 Å². The molecular weight excluding hydrogens is 276 g/mol. The van der Waals surface area contributed by atoms with Crippen LogP contribution in [0.1, 0.15) is 38.2 Å². The fourth-order valence-electron chi connectivity index (χ4n) is 2.82. The molecule has 0 heterocycles. The summed E-state index contributed by atoms with van der Waals surface area (Å²) >= 11 is 0. The molecule has 0 aromatic heterocycles. The average Bonchev–Trinajstić information content (AvgIpc) is 2.45. The van der Waals surface area contributed by atoms with Crippen LogP contribution in [0.25, 0.3) is 0 Å². The van der Waals surface area contributed by atoms with Crippen LogP contribution in [0.2, 0.25) is 0 Å². The van der Waals surface area contributed by atoms with Crippen LogP contribution >= 0.6 is 0 Å². The van der Waals surface area contributed by atoms with Gasteiger partial charge in [-0.05, 0) is 43.2 Å². The lowest BCUT2D eigenvalue weighted by Gasteiger charge is -2.38. The third-order valence-electron chi connectivity index (χ3n) is 4.30. The Morgan fingerprint density at radius 2 is 2.05 bits per heavy atom. The summed E-state index contributed by atoms with van der Waals surface area (Å²) in [6, 6.07) is 3.18. The molecule has 5 heteroatoms. The average molecular weight is 297 g/mol. The largest absolute Gasteiger partial charge is 0.394 e. The van der Waals surface area contributed by atoms with Crippen LogP contribution in [0, 0.1) is 17.6 Å². The Morgan fingerprint density at radius 1 is 1.38 bits per heavy atom. The first-order valence-corrected chi connectivity index (χ1v) is 7.30. The van der Waals surface area contributed by atoms with Crippen molar-refractivity contribution in [3.05, 3.63) is 35.4 Å². The van der Waals surface area contributed by atoms with E-state index < -0.39 is 17.2 Å². The molecule has 0 saturated heterocycles. The molecule has 3 nitrogen and oxygen atoms in total. The number of hydrogen-bond donors (Lipinski definition) is 2. The Bertz CT molecular complexity index is 511. The van der Waals surface area contributed by atoms with Gasteiger partial charge in [0, 0.05) is 6.07 Å². The van der Waals surface area contributed by atoms with Gasteiger partial charge in [-0.15, -0.1) is 0 Å². The van der Waals surface area contributed by atoms with E-state index in [4.69, 9.17) is 0 Å². The van der Waals surface area contributed by atoms with E-state index in [9.17, 15) is 18.7 Å². The molecule has 0 aliphatic heterocycles. The van der Waals surface area contributed by atoms with Crippen molar-refractivity contribution in [3.63, 3.8) is 0 Å². The highest BCUT2D eigenvalue weighted by Crippen LogP contribution is 2.31. The van der Waals surface area contributed by atoms with Gasteiger partial charge in [-0.1, -0.05) is 13.0 Å². The van der Waals surface area contributed by atoms with E-state index in [0.717, 1.165) is 37.8 Å². The van der Waals surface area contributed by atoms with Gasteiger partial charge >= 0.3 is 0 Å². The highest BCUT2D eigenvalue weighted by Gasteiger charge is 2.34. The molecule has 1 saturated carbocycles. The van der Waals surface area contributed by atoms with Crippen molar-refractivity contribution in [1.29, 1.82) is 0 Å². The zero-order valence-electron chi connectivity index (χ0n) is 12.2. The van der Waals surface area contributed by atoms with Crippen molar-refractivity contribution in [2.75, 3.05) is 6.61 Å². The molecule has 0 unspecified atom stereocenters. The van der Waals surface area contributed by atoms with E-state index in [2.05, 4.69) is 12.2 Å². The molecule has 1 aliphatic carbocycles. The van der Waals surface area contributed by atoms with Crippen LogP contribution in [0.4, 0.5) is 8.78 Å². The molecule has 0 spiro atoms. The van der Waals surface area contributed by atoms with Crippen molar-refractivity contribution in [2.24, 2.45) is 5.92 Å². The lowest BCUT2D eigenvalue weighted by molar-refractivity contribution is -0.123. The van der Waals surface area contributed by atoms with Gasteiger partial charge in [0.1, 0.15) is 11.6 Å². The fraction of sp³-hybridized carbons (Fsp3) is 0.562. The highest BCUT2D eigenvalue weighted by atomic mass is 19.1. The first kappa shape index (κ1) is 15.9. The van der Waals surface area contributed by atoms with Crippen LogP contribution in [-0.2, 0) is 11.2 Å². The standard InChI is InChI=1S/C16H21F2NO2/c1-11-4-6-16(10-20,7-5-11)19-15(21)8-12-2-3-13(17)9-14(12)18/h2-3,9,11,20H,4-8,10H2,1H3,(H,19,21). The van der Waals surface area contributed by atoms with Crippen molar-refractivity contribution in [3.8, 4) is 0 Å². The summed E-state index contributed by atoms with van der Waals surface area (Å²) in [5.41, 5.74) is -0.439. The molecule has 1 aromatic rings. The first-order chi connectivity index (χ1) is 9.94. The second kappa shape index (κ2) is 6.52. The smallest absolute Gasteiger partial charge is 0.225 e. The topological polar surface area (TPSA) is 49.3 Å². The Balaban J connectivity index is 2.00. The summed E-state index contributed by atoms with van der Waals surface area (Å²) in [5.74, 6) is -1.13. The van der Waals surface area contributed by atoms with E-state index in [0.29, 0.717) is 5.92 Å². The number of nitrogens with one attached hydrogen (secondary N) is 1. The summed E-state index contributed by atoms with van der Waals surface area (Å²) in [4.78, 5) is 12.1. The van der Waals surface area contributed by atoms with Gasteiger partial charge in [0.25, 0.3) is 0 Å². The number of carbonyl (C=O) groups excluding carboxylic acids is 1. The number of halogens is 2. The third kappa shape index (κ3) is 4.00. The first-order valence-electron chi connectivity index (χ1n) is 7.30. The molecule has 1 aromatic carbocycles. The number of rotatable bonds is 4. The highest BCUT2D eigenvalue weighted by molar-refractivity contribution is 5.79. The molecular formula is C16H21F2NO2. The Kier molecular flexibility index (Phi) is 4.93. The zero-order valence-corrected chi connectivity index (χ0v) is 12.2. The van der Waals surface area contributed by atoms with Crippen molar-refractivity contribution in [1.82, 2.24) is 5.32 Å². The molecule has 1 aliphatic rings. The van der Waals surface area contributed by atoms with Gasteiger partial charge < -0.3 is 10.4 Å². The van der Waals surface area contributed by atoms with Crippen LogP contribution in [-0.4, -0.2) is 23.2 Å². The number of hydrogen-bond acceptors (Lipinski definition) is 2. The van der Waals surface area contributed by atoms with E-state index in [1.807, 2.05) is 0 Å². The molecule has 0 atom stereocenters. The maximum Gasteiger partial charge on any atom is 0.225 e. The van der Waals surface area contributed by atoms with E-state index >= 15 is 0 Å². The Morgan fingerprint density at radius 3 is 2.62 bits per heavy atom. The minimum Gasteiger partial charge on any atom is -0.394 e. The second-order valence-electron chi connectivity index (χ2n) is 6.08. The molecule has 2 N–H and O–H groups in total. The van der Waals surface area contributed by atoms with Gasteiger partial charge in [0.2, 0.25) is 5.91 Å². The lowest BCUT2D eigenvalue weighted by atomic mass is 9.77.